The summed E-state index contributed by atoms with van der Waals surface area (Å²) in [6, 6.07) is 9.04. The topological polar surface area (TPSA) is 95.6 Å². The number of carbonyl (C=O) groups excluding carboxylic acids is 2. The van der Waals surface area contributed by atoms with Crippen molar-refractivity contribution in [2.45, 2.75) is 17.1 Å². The molecule has 1 heterocycles. The highest BCUT2D eigenvalue weighted by molar-refractivity contribution is 7.92. The molecule has 1 aliphatic heterocycles. The molecule has 2 aromatic carbocycles. The smallest absolute Gasteiger partial charge is 0.242 e. The van der Waals surface area contributed by atoms with E-state index in [4.69, 9.17) is 11.6 Å². The quantitative estimate of drug-likeness (QED) is 0.696. The molecule has 0 radical (unpaired) electrons. The Morgan fingerprint density at radius 1 is 1.24 bits per heavy atom. The first-order chi connectivity index (χ1) is 13.7. The molecule has 1 fully saturated rings. The van der Waals surface area contributed by atoms with Crippen LogP contribution in [0.2, 0.25) is 5.02 Å². The number of piperazine rings is 1. The fourth-order valence-electron chi connectivity index (χ4n) is 2.90. The molecule has 0 spiro atoms. The number of amides is 2. The lowest BCUT2D eigenvalue weighted by Crippen LogP contribution is -2.47. The molecule has 3 rings (SSSR count). The second-order valence-electron chi connectivity index (χ2n) is 6.57. The summed E-state index contributed by atoms with van der Waals surface area (Å²) in [4.78, 5) is 25.7. The maximum Gasteiger partial charge on any atom is 0.242 e. The van der Waals surface area contributed by atoms with Gasteiger partial charge in [0, 0.05) is 18.8 Å². The van der Waals surface area contributed by atoms with Crippen LogP contribution in [0.25, 0.3) is 0 Å². The molecule has 7 nitrogen and oxygen atoms in total. The summed E-state index contributed by atoms with van der Waals surface area (Å²) in [5, 5.41) is 4.19. The van der Waals surface area contributed by atoms with E-state index in [0.29, 0.717) is 29.5 Å². The van der Waals surface area contributed by atoms with Crippen molar-refractivity contribution in [3.63, 3.8) is 0 Å². The van der Waals surface area contributed by atoms with Crippen LogP contribution in [-0.4, -0.2) is 45.1 Å². The molecular weight excluding hydrogens is 421 g/mol. The number of nitrogens with zero attached hydrogens (tertiary/aromatic N) is 1. The minimum atomic E-state index is -3.98. The molecule has 1 unspecified atom stereocenters. The summed E-state index contributed by atoms with van der Waals surface area (Å²) in [5.74, 6) is -1.41. The normalized spacial score (nSPS) is 15.6. The Morgan fingerprint density at radius 2 is 1.93 bits per heavy atom. The number of anilines is 2. The summed E-state index contributed by atoms with van der Waals surface area (Å²) in [7, 11) is -3.98. The summed E-state index contributed by atoms with van der Waals surface area (Å²) >= 11 is 6.30. The van der Waals surface area contributed by atoms with E-state index in [1.807, 2.05) is 4.90 Å². The minimum absolute atomic E-state index is 0.107. The molecular formula is C19H19ClFN3O4S. The SMILES string of the molecule is CC(C(=O)Nc1ccc(N2CCNC(=O)C2)c(Cl)c1)S(=O)(=O)c1ccc(F)cc1. The fourth-order valence-corrected chi connectivity index (χ4v) is 4.46. The van der Waals surface area contributed by atoms with Crippen molar-refractivity contribution in [1.29, 1.82) is 0 Å². The highest BCUT2D eigenvalue weighted by atomic mass is 35.5. The zero-order valence-electron chi connectivity index (χ0n) is 15.5. The maximum absolute atomic E-state index is 13.0. The van der Waals surface area contributed by atoms with Crippen molar-refractivity contribution >= 4 is 44.6 Å². The lowest BCUT2D eigenvalue weighted by atomic mass is 10.2. The van der Waals surface area contributed by atoms with Crippen LogP contribution < -0.4 is 15.5 Å². The van der Waals surface area contributed by atoms with E-state index in [0.717, 1.165) is 24.3 Å². The van der Waals surface area contributed by atoms with Gasteiger partial charge in [-0.25, -0.2) is 12.8 Å². The zero-order chi connectivity index (χ0) is 21.2. The van der Waals surface area contributed by atoms with E-state index >= 15 is 0 Å². The number of nitrogens with one attached hydrogen (secondary N) is 2. The van der Waals surface area contributed by atoms with Crippen molar-refractivity contribution in [3.05, 3.63) is 53.3 Å². The predicted molar refractivity (Wildman–Crippen MR) is 108 cm³/mol. The summed E-state index contributed by atoms with van der Waals surface area (Å²) in [6.07, 6.45) is 0. The molecule has 2 N–H and O–H groups in total. The molecule has 1 saturated heterocycles. The van der Waals surface area contributed by atoms with Crippen molar-refractivity contribution in [2.24, 2.45) is 0 Å². The first kappa shape index (κ1) is 21.1. The average molecular weight is 440 g/mol. The van der Waals surface area contributed by atoms with E-state index in [1.54, 1.807) is 12.1 Å². The van der Waals surface area contributed by atoms with Crippen LogP contribution in [0.3, 0.4) is 0 Å². The maximum atomic E-state index is 13.0. The lowest BCUT2D eigenvalue weighted by molar-refractivity contribution is -0.120. The second kappa shape index (κ2) is 8.38. The van der Waals surface area contributed by atoms with Gasteiger partial charge in [0.25, 0.3) is 0 Å². The van der Waals surface area contributed by atoms with Crippen molar-refractivity contribution in [3.8, 4) is 0 Å². The standard InChI is InChI=1S/C19H19ClFN3O4S/c1-12(29(27,28)15-5-2-13(21)3-6-15)19(26)23-14-4-7-17(16(20)10-14)24-9-8-22-18(25)11-24/h2-7,10,12H,8-9,11H2,1H3,(H,22,25)(H,23,26). The van der Waals surface area contributed by atoms with Crippen molar-refractivity contribution in [1.82, 2.24) is 5.32 Å². The van der Waals surface area contributed by atoms with Gasteiger partial charge in [0.2, 0.25) is 11.8 Å². The van der Waals surface area contributed by atoms with E-state index < -0.39 is 26.8 Å². The molecule has 1 atom stereocenters. The van der Waals surface area contributed by atoms with Crippen LogP contribution in [0.15, 0.2) is 47.4 Å². The van der Waals surface area contributed by atoms with E-state index in [1.165, 1.54) is 13.0 Å². The first-order valence-corrected chi connectivity index (χ1v) is 10.7. The van der Waals surface area contributed by atoms with Crippen molar-refractivity contribution < 1.29 is 22.4 Å². The molecule has 10 heteroatoms. The number of hydrogen-bond donors (Lipinski definition) is 2. The third-order valence-electron chi connectivity index (χ3n) is 4.57. The third kappa shape index (κ3) is 4.68. The van der Waals surface area contributed by atoms with Crippen LogP contribution in [-0.2, 0) is 19.4 Å². The van der Waals surface area contributed by atoms with Gasteiger partial charge in [-0.2, -0.15) is 0 Å². The van der Waals surface area contributed by atoms with E-state index in [9.17, 15) is 22.4 Å². The van der Waals surface area contributed by atoms with Crippen LogP contribution in [0.5, 0.6) is 0 Å². The molecule has 2 amide bonds. The van der Waals surface area contributed by atoms with Gasteiger partial charge >= 0.3 is 0 Å². The Hall–Kier alpha value is -2.65. The largest absolute Gasteiger partial charge is 0.359 e. The molecule has 0 saturated carbocycles. The minimum Gasteiger partial charge on any atom is -0.359 e. The highest BCUT2D eigenvalue weighted by Crippen LogP contribution is 2.29. The molecule has 1 aliphatic rings. The fraction of sp³-hybridized carbons (Fsp3) is 0.263. The highest BCUT2D eigenvalue weighted by Gasteiger charge is 2.30. The number of halogens is 2. The van der Waals surface area contributed by atoms with Gasteiger partial charge in [-0.1, -0.05) is 11.6 Å². The summed E-state index contributed by atoms with van der Waals surface area (Å²) in [5.41, 5.74) is 0.970. The Labute approximate surface area is 172 Å². The van der Waals surface area contributed by atoms with Gasteiger partial charge in [-0.3, -0.25) is 9.59 Å². The predicted octanol–water partition coefficient (Wildman–Crippen LogP) is 2.22. The van der Waals surface area contributed by atoms with Crippen LogP contribution in [0.1, 0.15) is 6.92 Å². The Morgan fingerprint density at radius 3 is 2.55 bits per heavy atom. The summed E-state index contributed by atoms with van der Waals surface area (Å²) in [6.45, 7) is 2.55. The lowest BCUT2D eigenvalue weighted by Gasteiger charge is -2.29. The molecule has 2 aromatic rings. The van der Waals surface area contributed by atoms with Gasteiger partial charge < -0.3 is 15.5 Å². The van der Waals surface area contributed by atoms with E-state index in [2.05, 4.69) is 10.6 Å². The molecule has 0 aromatic heterocycles. The number of sulfone groups is 1. The van der Waals surface area contributed by atoms with Gasteiger partial charge in [0.15, 0.2) is 9.84 Å². The number of hydrogen-bond acceptors (Lipinski definition) is 5. The Kier molecular flexibility index (Phi) is 6.09. The van der Waals surface area contributed by atoms with Gasteiger partial charge in [0.05, 0.1) is 22.2 Å². The second-order valence-corrected chi connectivity index (χ2v) is 9.24. The van der Waals surface area contributed by atoms with E-state index in [-0.39, 0.29) is 17.3 Å². The molecule has 0 aliphatic carbocycles. The van der Waals surface area contributed by atoms with Crippen molar-refractivity contribution in [2.75, 3.05) is 29.9 Å². The zero-order valence-corrected chi connectivity index (χ0v) is 17.1. The number of rotatable bonds is 5. The van der Waals surface area contributed by atoms with Crippen LogP contribution in [0.4, 0.5) is 15.8 Å². The Balaban J connectivity index is 1.73. The monoisotopic (exact) mass is 439 g/mol. The third-order valence-corrected chi connectivity index (χ3v) is 6.95. The Bertz CT molecular complexity index is 1040. The van der Waals surface area contributed by atoms with Gasteiger partial charge in [0.1, 0.15) is 11.1 Å². The van der Waals surface area contributed by atoms with Gasteiger partial charge in [-0.05, 0) is 49.4 Å². The number of carbonyl (C=O) groups is 2. The molecule has 29 heavy (non-hydrogen) atoms. The summed E-state index contributed by atoms with van der Waals surface area (Å²) < 4.78 is 38.2. The first-order valence-electron chi connectivity index (χ1n) is 8.80. The molecule has 154 valence electrons. The van der Waals surface area contributed by atoms with Crippen LogP contribution >= 0.6 is 11.6 Å². The number of benzene rings is 2. The van der Waals surface area contributed by atoms with Gasteiger partial charge in [-0.15, -0.1) is 0 Å². The average Bonchev–Trinajstić information content (AvgIpc) is 2.67. The molecule has 0 bridgehead atoms. The van der Waals surface area contributed by atoms with Crippen LogP contribution in [0, 0.1) is 5.82 Å².